The molecule has 0 aromatic carbocycles. The van der Waals surface area contributed by atoms with Gasteiger partial charge in [0.1, 0.15) is 5.69 Å². The Balaban J connectivity index is 2.25. The van der Waals surface area contributed by atoms with Gasteiger partial charge in [-0.25, -0.2) is 9.97 Å². The van der Waals surface area contributed by atoms with Crippen LogP contribution in [0.25, 0.3) is 0 Å². The molecule has 0 bridgehead atoms. The van der Waals surface area contributed by atoms with E-state index in [1.165, 1.54) is 4.88 Å². The number of rotatable bonds is 4. The molecule has 0 aliphatic rings. The molecule has 0 aliphatic heterocycles. The minimum Gasteiger partial charge on any atom is -0.409 e. The van der Waals surface area contributed by atoms with Gasteiger partial charge in [-0.3, -0.25) is 0 Å². The maximum Gasteiger partial charge on any atom is 0.226 e. The number of hydrogen-bond donors (Lipinski definition) is 2. The molecule has 3 N–H and O–H groups in total. The highest BCUT2D eigenvalue weighted by Gasteiger charge is 2.11. The number of nitrogens with zero attached hydrogens (tertiary/aromatic N) is 4. The summed E-state index contributed by atoms with van der Waals surface area (Å²) in [6.07, 6.45) is 0. The lowest BCUT2D eigenvalue weighted by molar-refractivity contribution is 0.318. The summed E-state index contributed by atoms with van der Waals surface area (Å²) < 4.78 is 1.06. The molecule has 8 heteroatoms. The van der Waals surface area contributed by atoms with Gasteiger partial charge in [0.15, 0.2) is 5.84 Å². The Morgan fingerprint density at radius 2 is 2.25 bits per heavy atom. The molecule has 2 aromatic rings. The molecule has 106 valence electrons. The fraction of sp³-hybridized carbons (Fsp3) is 0.250. The second-order valence-electron chi connectivity index (χ2n) is 4.27. The predicted molar refractivity (Wildman–Crippen MR) is 83.4 cm³/mol. The van der Waals surface area contributed by atoms with Crippen LogP contribution in [0.1, 0.15) is 16.3 Å². The Morgan fingerprint density at radius 1 is 1.50 bits per heavy atom. The van der Waals surface area contributed by atoms with Crippen molar-refractivity contribution in [3.63, 3.8) is 0 Å². The zero-order valence-corrected chi connectivity index (χ0v) is 13.4. The maximum absolute atomic E-state index is 8.73. The number of anilines is 1. The highest BCUT2D eigenvalue weighted by Crippen LogP contribution is 2.22. The lowest BCUT2D eigenvalue weighted by Gasteiger charge is -2.17. The summed E-state index contributed by atoms with van der Waals surface area (Å²) in [4.78, 5) is 11.8. The first-order valence-electron chi connectivity index (χ1n) is 5.77. The molecular formula is C12H14BrN5OS. The molecule has 0 unspecified atom stereocenters. The molecule has 0 spiro atoms. The molecule has 0 saturated carbocycles. The minimum absolute atomic E-state index is 0.0241. The third-order valence-electron chi connectivity index (χ3n) is 2.57. The second-order valence-corrected chi connectivity index (χ2v) is 6.18. The van der Waals surface area contributed by atoms with Crippen LogP contribution >= 0.6 is 27.3 Å². The highest BCUT2D eigenvalue weighted by atomic mass is 79.9. The summed E-state index contributed by atoms with van der Waals surface area (Å²) in [5.41, 5.74) is 6.75. The van der Waals surface area contributed by atoms with Crippen LogP contribution < -0.4 is 10.6 Å². The predicted octanol–water partition coefficient (Wildman–Crippen LogP) is 2.34. The topological polar surface area (TPSA) is 87.6 Å². The van der Waals surface area contributed by atoms with Gasteiger partial charge in [-0.1, -0.05) is 5.16 Å². The summed E-state index contributed by atoms with van der Waals surface area (Å²) in [6, 6.07) is 3.73. The van der Waals surface area contributed by atoms with E-state index in [0.29, 0.717) is 18.2 Å². The molecule has 2 heterocycles. The highest BCUT2D eigenvalue weighted by molar-refractivity contribution is 9.10. The Morgan fingerprint density at radius 3 is 2.85 bits per heavy atom. The van der Waals surface area contributed by atoms with E-state index in [2.05, 4.69) is 37.1 Å². The molecule has 0 fully saturated rings. The smallest absolute Gasteiger partial charge is 0.226 e. The monoisotopic (exact) mass is 355 g/mol. The first-order chi connectivity index (χ1) is 9.49. The molecule has 0 atom stereocenters. The maximum atomic E-state index is 8.73. The normalized spacial score (nSPS) is 11.7. The van der Waals surface area contributed by atoms with Gasteiger partial charge >= 0.3 is 0 Å². The van der Waals surface area contributed by atoms with Crippen LogP contribution in [0, 0.1) is 6.92 Å². The van der Waals surface area contributed by atoms with Gasteiger partial charge in [-0.05, 0) is 35.0 Å². The van der Waals surface area contributed by atoms with Crippen molar-refractivity contribution in [1.29, 1.82) is 0 Å². The van der Waals surface area contributed by atoms with E-state index in [1.54, 1.807) is 17.4 Å². The van der Waals surface area contributed by atoms with Crippen molar-refractivity contribution in [3.8, 4) is 0 Å². The molecule has 2 rings (SSSR count). The lowest BCUT2D eigenvalue weighted by Crippen LogP contribution is -2.22. The second kappa shape index (κ2) is 6.19. The number of hydrogen-bond acceptors (Lipinski definition) is 6. The number of thiophene rings is 1. The molecule has 2 aromatic heterocycles. The van der Waals surface area contributed by atoms with Gasteiger partial charge < -0.3 is 15.8 Å². The van der Waals surface area contributed by atoms with Crippen molar-refractivity contribution >= 4 is 39.1 Å². The van der Waals surface area contributed by atoms with Crippen molar-refractivity contribution in [2.24, 2.45) is 10.9 Å². The average Bonchev–Trinajstić information content (AvgIpc) is 2.82. The van der Waals surface area contributed by atoms with E-state index < -0.39 is 0 Å². The fourth-order valence-corrected chi connectivity index (χ4v) is 3.15. The van der Waals surface area contributed by atoms with E-state index in [-0.39, 0.29) is 5.84 Å². The van der Waals surface area contributed by atoms with Crippen LogP contribution in [0.4, 0.5) is 5.95 Å². The van der Waals surface area contributed by atoms with E-state index in [4.69, 9.17) is 10.9 Å². The summed E-state index contributed by atoms with van der Waals surface area (Å²) in [7, 11) is 1.90. The third-order valence-corrected chi connectivity index (χ3v) is 4.25. The molecule has 20 heavy (non-hydrogen) atoms. The van der Waals surface area contributed by atoms with E-state index in [0.717, 1.165) is 10.2 Å². The van der Waals surface area contributed by atoms with Crippen LogP contribution in [-0.4, -0.2) is 28.1 Å². The zero-order valence-electron chi connectivity index (χ0n) is 11.0. The summed E-state index contributed by atoms with van der Waals surface area (Å²) in [6.45, 7) is 2.53. The van der Waals surface area contributed by atoms with E-state index in [1.807, 2.05) is 24.3 Å². The molecule has 0 aliphatic carbocycles. The first-order valence-corrected chi connectivity index (χ1v) is 7.44. The molecule has 0 saturated heterocycles. The third kappa shape index (κ3) is 3.45. The quantitative estimate of drug-likeness (QED) is 0.380. The summed E-state index contributed by atoms with van der Waals surface area (Å²) in [5.74, 6) is 0.514. The van der Waals surface area contributed by atoms with Gasteiger partial charge in [0, 0.05) is 27.5 Å². The van der Waals surface area contributed by atoms with Crippen molar-refractivity contribution in [2.45, 2.75) is 13.5 Å². The molecule has 0 radical (unpaired) electrons. The van der Waals surface area contributed by atoms with Crippen LogP contribution in [0.2, 0.25) is 0 Å². The average molecular weight is 356 g/mol. The largest absolute Gasteiger partial charge is 0.409 e. The fourth-order valence-electron chi connectivity index (χ4n) is 1.65. The number of aromatic nitrogens is 2. The summed E-state index contributed by atoms with van der Waals surface area (Å²) >= 11 is 5.09. The Hall–Kier alpha value is -1.67. The minimum atomic E-state index is -0.0241. The number of aryl methyl sites for hydroxylation is 1. The van der Waals surface area contributed by atoms with Crippen molar-refractivity contribution in [2.75, 3.05) is 11.9 Å². The lowest BCUT2D eigenvalue weighted by atomic mass is 10.3. The van der Waals surface area contributed by atoms with E-state index in [9.17, 15) is 0 Å². The van der Waals surface area contributed by atoms with Crippen molar-refractivity contribution < 1.29 is 5.21 Å². The standard InChI is InChI=1S/C12H14BrN5OS/c1-7-3-10(11(14)17-19)16-12(15-7)18(2)5-9-4-8(13)6-20-9/h3-4,6,19H,5H2,1-2H3,(H2,14,17). The van der Waals surface area contributed by atoms with Crippen LogP contribution in [0.3, 0.4) is 0 Å². The van der Waals surface area contributed by atoms with Gasteiger partial charge in [0.05, 0.1) is 6.54 Å². The Bertz CT molecular complexity index is 643. The van der Waals surface area contributed by atoms with Gasteiger partial charge in [0.25, 0.3) is 0 Å². The first kappa shape index (κ1) is 14.7. The van der Waals surface area contributed by atoms with Crippen LogP contribution in [-0.2, 0) is 6.54 Å². The van der Waals surface area contributed by atoms with Crippen molar-refractivity contribution in [1.82, 2.24) is 9.97 Å². The number of nitrogens with two attached hydrogens (primary N) is 1. The van der Waals surface area contributed by atoms with Crippen molar-refractivity contribution in [3.05, 3.63) is 38.3 Å². The number of halogens is 1. The van der Waals surface area contributed by atoms with Crippen LogP contribution in [0.5, 0.6) is 0 Å². The molecule has 6 nitrogen and oxygen atoms in total. The number of amidine groups is 1. The Labute approximate surface area is 129 Å². The molecule has 0 amide bonds. The van der Waals surface area contributed by atoms with E-state index >= 15 is 0 Å². The number of oxime groups is 1. The van der Waals surface area contributed by atoms with Crippen LogP contribution in [0.15, 0.2) is 27.1 Å². The SMILES string of the molecule is Cc1cc(/C(N)=N/O)nc(N(C)Cc2cc(Br)cs2)n1. The van der Waals surface area contributed by atoms with Gasteiger partial charge in [0.2, 0.25) is 5.95 Å². The van der Waals surface area contributed by atoms with Gasteiger partial charge in [-0.15, -0.1) is 11.3 Å². The molecular weight excluding hydrogens is 342 g/mol. The van der Waals surface area contributed by atoms with Gasteiger partial charge in [-0.2, -0.15) is 0 Å². The Kier molecular flexibility index (Phi) is 4.56. The zero-order chi connectivity index (χ0) is 14.7. The summed E-state index contributed by atoms with van der Waals surface area (Å²) in [5, 5.41) is 13.7.